The van der Waals surface area contributed by atoms with Crippen molar-refractivity contribution in [3.8, 4) is 33.4 Å². The van der Waals surface area contributed by atoms with E-state index in [0.717, 1.165) is 0 Å². The van der Waals surface area contributed by atoms with E-state index < -0.39 is 0 Å². The van der Waals surface area contributed by atoms with E-state index in [1.165, 1.54) is 152 Å². The number of rotatable bonds is 2. The highest BCUT2D eigenvalue weighted by Crippen LogP contribution is 2.56. The van der Waals surface area contributed by atoms with Gasteiger partial charge in [0.05, 0.1) is 0 Å². The van der Waals surface area contributed by atoms with Gasteiger partial charge in [0.1, 0.15) is 0 Å². The molecule has 0 fully saturated rings. The first-order chi connectivity index (χ1) is 30.0. The van der Waals surface area contributed by atoms with Gasteiger partial charge >= 0.3 is 0 Å². The second-order valence-electron chi connectivity index (χ2n) is 18.2. The van der Waals surface area contributed by atoms with Crippen molar-refractivity contribution in [3.63, 3.8) is 0 Å². The van der Waals surface area contributed by atoms with Crippen molar-refractivity contribution >= 4 is 108 Å². The molecule has 0 amide bonds. The molecule has 280 valence electrons. The van der Waals surface area contributed by atoms with Gasteiger partial charge in [-0.05, 0) is 170 Å². The Labute approximate surface area is 351 Å². The average molecular weight is 769 g/mol. The summed E-state index contributed by atoms with van der Waals surface area (Å²) in [6, 6.07) is 69.8. The summed E-state index contributed by atoms with van der Waals surface area (Å²) < 4.78 is 0. The van der Waals surface area contributed by atoms with E-state index >= 15 is 0 Å². The van der Waals surface area contributed by atoms with Crippen LogP contribution in [-0.4, -0.2) is 0 Å². The quantitative estimate of drug-likeness (QED) is 0.121. The maximum Gasteiger partial charge on any atom is 0.0158 e. The third-order valence-electron chi connectivity index (χ3n) is 15.1. The molecular weight excluding hydrogens is 733 g/mol. The smallest absolute Gasteiger partial charge is 0.0158 e. The predicted octanol–water partition coefficient (Wildman–Crippen LogP) is 17.2. The van der Waals surface area contributed by atoms with Crippen molar-refractivity contribution in [2.45, 2.75) is 19.3 Å². The molecule has 0 spiro atoms. The largest absolute Gasteiger partial charge is 0.0622 e. The molecule has 0 heterocycles. The topological polar surface area (TPSA) is 0 Å². The third kappa shape index (κ3) is 3.84. The number of fused-ring (bicyclic) bond motifs is 12. The van der Waals surface area contributed by atoms with Gasteiger partial charge in [-0.2, -0.15) is 0 Å². The minimum Gasteiger partial charge on any atom is -0.0622 e. The van der Waals surface area contributed by atoms with Crippen molar-refractivity contribution in [3.05, 3.63) is 193 Å². The molecule has 1 aliphatic rings. The zero-order chi connectivity index (χ0) is 39.9. The van der Waals surface area contributed by atoms with Gasteiger partial charge in [-0.1, -0.05) is 178 Å². The van der Waals surface area contributed by atoms with Gasteiger partial charge in [0, 0.05) is 5.41 Å². The monoisotopic (exact) mass is 768 g/mol. The summed E-state index contributed by atoms with van der Waals surface area (Å²) in [5.74, 6) is 0. The first-order valence-electron chi connectivity index (χ1n) is 21.7. The van der Waals surface area contributed by atoms with Crippen LogP contribution in [0.2, 0.25) is 0 Å². The lowest BCUT2D eigenvalue weighted by atomic mass is 9.81. The number of hydrogen-bond donors (Lipinski definition) is 0. The maximum absolute atomic E-state index is 2.58. The highest BCUT2D eigenvalue weighted by molar-refractivity contribution is 6.45. The summed E-state index contributed by atoms with van der Waals surface area (Å²) in [6.45, 7) is 4.76. The van der Waals surface area contributed by atoms with Gasteiger partial charge < -0.3 is 0 Å². The van der Waals surface area contributed by atoms with Crippen molar-refractivity contribution in [1.82, 2.24) is 0 Å². The van der Waals surface area contributed by atoms with Crippen LogP contribution >= 0.6 is 0 Å². The summed E-state index contributed by atoms with van der Waals surface area (Å²) in [4.78, 5) is 0. The van der Waals surface area contributed by atoms with Crippen LogP contribution in [0.1, 0.15) is 25.0 Å². The Kier molecular flexibility index (Phi) is 5.82. The number of hydrogen-bond acceptors (Lipinski definition) is 0. The van der Waals surface area contributed by atoms with Crippen LogP contribution in [0.15, 0.2) is 182 Å². The van der Waals surface area contributed by atoms with Crippen molar-refractivity contribution in [2.75, 3.05) is 0 Å². The molecule has 0 heteroatoms. The van der Waals surface area contributed by atoms with Crippen LogP contribution < -0.4 is 0 Å². The Balaban J connectivity index is 1.17. The second kappa shape index (κ2) is 11.0. The van der Waals surface area contributed by atoms with Gasteiger partial charge in [-0.25, -0.2) is 0 Å². The molecule has 14 aromatic rings. The van der Waals surface area contributed by atoms with Crippen LogP contribution in [0.3, 0.4) is 0 Å². The lowest BCUT2D eigenvalue weighted by Crippen LogP contribution is -2.14. The Hall–Kier alpha value is -7.54. The van der Waals surface area contributed by atoms with Crippen LogP contribution in [0.5, 0.6) is 0 Å². The fraction of sp³-hybridized carbons (Fsp3) is 0.0492. The Morgan fingerprint density at radius 2 is 0.721 bits per heavy atom. The molecule has 0 atom stereocenters. The molecule has 61 heavy (non-hydrogen) atoms. The van der Waals surface area contributed by atoms with Crippen LogP contribution in [-0.2, 0) is 5.41 Å². The van der Waals surface area contributed by atoms with Gasteiger partial charge in [0.15, 0.2) is 0 Å². The fourth-order valence-corrected chi connectivity index (χ4v) is 12.5. The molecule has 1 aliphatic carbocycles. The molecule has 0 aromatic heterocycles. The molecule has 0 radical (unpaired) electrons. The molecule has 0 saturated heterocycles. The highest BCUT2D eigenvalue weighted by atomic mass is 14.4. The van der Waals surface area contributed by atoms with E-state index in [1.54, 1.807) is 0 Å². The SMILES string of the molecule is CC1(C)c2ccccc2-c2cc(-c3c4cc5c(cc4c(-c4ccccc4)c4c6cccc7cccc(c34)c76)c3ccc4c6cccc7cccc(c8ccc5c3c48)c76)ccc21. The molecule has 0 N–H and O–H groups in total. The average Bonchev–Trinajstić information content (AvgIpc) is 3.89. The molecule has 14 aromatic carbocycles. The van der Waals surface area contributed by atoms with Crippen LogP contribution in [0.25, 0.3) is 141 Å². The van der Waals surface area contributed by atoms with Gasteiger partial charge in [0.2, 0.25) is 0 Å². The zero-order valence-corrected chi connectivity index (χ0v) is 33.8. The van der Waals surface area contributed by atoms with E-state index in [9.17, 15) is 0 Å². The van der Waals surface area contributed by atoms with E-state index in [0.29, 0.717) is 0 Å². The summed E-state index contributed by atoms with van der Waals surface area (Å²) in [7, 11) is 0. The fourth-order valence-electron chi connectivity index (χ4n) is 12.5. The van der Waals surface area contributed by atoms with E-state index in [2.05, 4.69) is 196 Å². The summed E-state index contributed by atoms with van der Waals surface area (Å²) in [6.07, 6.45) is 0. The Morgan fingerprint density at radius 1 is 0.262 bits per heavy atom. The molecule has 0 bridgehead atoms. The van der Waals surface area contributed by atoms with Crippen molar-refractivity contribution in [1.29, 1.82) is 0 Å². The van der Waals surface area contributed by atoms with Gasteiger partial charge in [-0.15, -0.1) is 0 Å². The molecule has 0 nitrogen and oxygen atoms in total. The standard InChI is InChI=1S/C61H36/c1-61(2)51-23-7-6-18-37(51)48-30-36(24-29-52(48)61)56-50-32-47-43-28-26-41-39-20-9-15-33-14-8-19-38(53(33)39)40-25-27-42(58(43)57(40)41)46(47)31-49(50)55(35-12-4-3-5-13-35)59-44-21-10-16-34-17-11-22-45(54(34)44)60(56)59/h3-32H,1-2H3. The first-order valence-corrected chi connectivity index (χ1v) is 21.7. The third-order valence-corrected chi connectivity index (χ3v) is 15.1. The van der Waals surface area contributed by atoms with Crippen molar-refractivity contribution in [2.24, 2.45) is 0 Å². The lowest BCUT2D eigenvalue weighted by molar-refractivity contribution is 0.660. The van der Waals surface area contributed by atoms with E-state index in [4.69, 9.17) is 0 Å². The van der Waals surface area contributed by atoms with E-state index in [-0.39, 0.29) is 5.41 Å². The normalized spacial score (nSPS) is 13.9. The summed E-state index contributed by atoms with van der Waals surface area (Å²) in [5, 5.41) is 26.7. The molecule has 0 aliphatic heterocycles. The van der Waals surface area contributed by atoms with Gasteiger partial charge in [-0.3, -0.25) is 0 Å². The number of benzene rings is 12. The van der Waals surface area contributed by atoms with Crippen LogP contribution in [0.4, 0.5) is 0 Å². The molecule has 0 unspecified atom stereocenters. The van der Waals surface area contributed by atoms with Crippen LogP contribution in [0, 0.1) is 0 Å². The van der Waals surface area contributed by atoms with E-state index in [1.807, 2.05) is 0 Å². The Bertz CT molecular complexity index is 4170. The minimum absolute atomic E-state index is 0.0644. The van der Waals surface area contributed by atoms with Gasteiger partial charge in [0.25, 0.3) is 0 Å². The summed E-state index contributed by atoms with van der Waals surface area (Å²) >= 11 is 0. The first kappa shape index (κ1) is 32.3. The second-order valence-corrected chi connectivity index (χ2v) is 18.2. The molecule has 0 saturated carbocycles. The summed E-state index contributed by atoms with van der Waals surface area (Å²) in [5.41, 5.74) is 10.6. The lowest BCUT2D eigenvalue weighted by Gasteiger charge is -2.22. The maximum atomic E-state index is 2.58. The zero-order valence-electron chi connectivity index (χ0n) is 33.8. The molecule has 15 rings (SSSR count). The predicted molar refractivity (Wildman–Crippen MR) is 263 cm³/mol. The van der Waals surface area contributed by atoms with Crippen molar-refractivity contribution < 1.29 is 0 Å². The Morgan fingerprint density at radius 3 is 1.31 bits per heavy atom. The molecular formula is C61H36. The minimum atomic E-state index is -0.0644. The highest BCUT2D eigenvalue weighted by Gasteiger charge is 2.36.